The van der Waals surface area contributed by atoms with Gasteiger partial charge in [0, 0.05) is 5.69 Å². The quantitative estimate of drug-likeness (QED) is 0.286. The van der Waals surface area contributed by atoms with Crippen LogP contribution in [0.2, 0.25) is 0 Å². The third-order valence-corrected chi connectivity index (χ3v) is 4.18. The van der Waals surface area contributed by atoms with Crippen molar-refractivity contribution >= 4 is 23.2 Å². The van der Waals surface area contributed by atoms with E-state index in [4.69, 9.17) is 14.2 Å². The first-order chi connectivity index (χ1) is 15.4. The highest BCUT2D eigenvalue weighted by atomic mass is 16.6. The number of anilines is 2. The van der Waals surface area contributed by atoms with Crippen molar-refractivity contribution in [3.05, 3.63) is 70.5 Å². The largest absolute Gasteiger partial charge is 0.497 e. The molecule has 0 aliphatic heterocycles. The number of carbonyl (C=O) groups is 1. The summed E-state index contributed by atoms with van der Waals surface area (Å²) in [6, 6.07) is 12.9. The van der Waals surface area contributed by atoms with Crippen molar-refractivity contribution in [1.29, 1.82) is 0 Å². The number of methoxy groups -OCH3 is 1. The summed E-state index contributed by atoms with van der Waals surface area (Å²) in [6.07, 6.45) is 1.16. The summed E-state index contributed by atoms with van der Waals surface area (Å²) >= 11 is 0. The van der Waals surface area contributed by atoms with Gasteiger partial charge in [-0.05, 0) is 54.4 Å². The number of aromatic nitrogens is 2. The minimum atomic E-state index is -0.626. The Morgan fingerprint density at radius 2 is 1.72 bits per heavy atom. The maximum atomic E-state index is 12.0. The van der Waals surface area contributed by atoms with Crippen LogP contribution in [0.4, 0.5) is 17.2 Å². The fraction of sp³-hybridized carbons (Fsp3) is 0.227. The summed E-state index contributed by atoms with van der Waals surface area (Å²) in [5.41, 5.74) is 0.434. The molecule has 10 nitrogen and oxygen atoms in total. The Balaban J connectivity index is 1.79. The molecule has 0 amide bonds. The van der Waals surface area contributed by atoms with E-state index >= 15 is 0 Å². The number of nitrogens with zero attached hydrogens (tertiary/aromatic N) is 3. The highest BCUT2D eigenvalue weighted by Gasteiger charge is 2.25. The molecule has 10 heteroatoms. The second-order valence-corrected chi connectivity index (χ2v) is 7.11. The van der Waals surface area contributed by atoms with Gasteiger partial charge in [0.1, 0.15) is 17.8 Å². The Bertz CT molecular complexity index is 1080. The van der Waals surface area contributed by atoms with Gasteiger partial charge in [0.15, 0.2) is 0 Å². The average Bonchev–Trinajstić information content (AvgIpc) is 2.78. The molecule has 0 atom stereocenters. The number of carbonyl (C=O) groups excluding carboxylic acids is 1. The Morgan fingerprint density at radius 3 is 2.31 bits per heavy atom. The van der Waals surface area contributed by atoms with Crippen LogP contribution in [0, 0.1) is 16.0 Å². The zero-order valence-electron chi connectivity index (χ0n) is 17.8. The molecule has 0 spiro atoms. The molecule has 3 aromatic rings. The second kappa shape index (κ2) is 10.2. The number of ether oxygens (including phenoxy) is 3. The monoisotopic (exact) mass is 438 g/mol. The van der Waals surface area contributed by atoms with Crippen LogP contribution in [-0.2, 0) is 4.74 Å². The van der Waals surface area contributed by atoms with E-state index in [2.05, 4.69) is 15.3 Å². The number of hydrogen-bond donors (Lipinski definition) is 1. The third-order valence-electron chi connectivity index (χ3n) is 4.18. The van der Waals surface area contributed by atoms with Crippen LogP contribution in [0.25, 0.3) is 0 Å². The standard InChI is InChI=1S/C22H22N4O6/c1-14(2)12-31-22(27)15-4-6-16(7-5-15)25-20-19(26(28)29)21(24-13-23-20)32-18-10-8-17(30-3)9-11-18/h4-11,13-14H,12H2,1-3H3,(H,23,24,25). The van der Waals surface area contributed by atoms with E-state index in [9.17, 15) is 14.9 Å². The van der Waals surface area contributed by atoms with E-state index in [0.717, 1.165) is 6.33 Å². The van der Waals surface area contributed by atoms with Gasteiger partial charge in [-0.2, -0.15) is 4.98 Å². The molecule has 166 valence electrons. The number of hydrogen-bond acceptors (Lipinski definition) is 9. The van der Waals surface area contributed by atoms with Gasteiger partial charge >= 0.3 is 17.5 Å². The number of rotatable bonds is 9. The van der Waals surface area contributed by atoms with Gasteiger partial charge < -0.3 is 19.5 Å². The molecular formula is C22H22N4O6. The van der Waals surface area contributed by atoms with Crippen LogP contribution in [-0.4, -0.2) is 34.6 Å². The maximum Gasteiger partial charge on any atom is 0.373 e. The lowest BCUT2D eigenvalue weighted by Crippen LogP contribution is -2.10. The normalized spacial score (nSPS) is 10.5. The van der Waals surface area contributed by atoms with Gasteiger partial charge in [-0.1, -0.05) is 13.8 Å². The Labute approximate surface area is 184 Å². The fourth-order valence-corrected chi connectivity index (χ4v) is 2.60. The van der Waals surface area contributed by atoms with E-state index in [1.807, 2.05) is 13.8 Å². The molecule has 0 saturated heterocycles. The summed E-state index contributed by atoms with van der Waals surface area (Å²) in [5, 5.41) is 14.6. The predicted molar refractivity (Wildman–Crippen MR) is 117 cm³/mol. The number of esters is 1. The summed E-state index contributed by atoms with van der Waals surface area (Å²) < 4.78 is 15.9. The predicted octanol–water partition coefficient (Wildman–Crippen LogP) is 4.74. The highest BCUT2D eigenvalue weighted by Crippen LogP contribution is 2.35. The van der Waals surface area contributed by atoms with Crippen LogP contribution in [0.3, 0.4) is 0 Å². The van der Waals surface area contributed by atoms with Crippen LogP contribution >= 0.6 is 0 Å². The molecule has 1 N–H and O–H groups in total. The first-order valence-electron chi connectivity index (χ1n) is 9.73. The number of nitrogens with one attached hydrogen (secondary N) is 1. The van der Waals surface area contributed by atoms with E-state index in [1.165, 1.54) is 7.11 Å². The van der Waals surface area contributed by atoms with Crippen molar-refractivity contribution in [2.75, 3.05) is 19.0 Å². The number of benzene rings is 2. The molecule has 0 bridgehead atoms. The molecule has 0 saturated carbocycles. The first-order valence-corrected chi connectivity index (χ1v) is 9.73. The molecule has 0 unspecified atom stereocenters. The zero-order valence-corrected chi connectivity index (χ0v) is 17.8. The molecule has 32 heavy (non-hydrogen) atoms. The lowest BCUT2D eigenvalue weighted by Gasteiger charge is -2.10. The molecule has 1 aromatic heterocycles. The van der Waals surface area contributed by atoms with Gasteiger partial charge in [0.05, 0.1) is 24.2 Å². The van der Waals surface area contributed by atoms with Crippen LogP contribution in [0.1, 0.15) is 24.2 Å². The lowest BCUT2D eigenvalue weighted by molar-refractivity contribution is -0.385. The molecule has 3 rings (SSSR count). The number of nitro groups is 1. The third kappa shape index (κ3) is 5.69. The molecular weight excluding hydrogens is 416 g/mol. The first kappa shape index (κ1) is 22.5. The van der Waals surface area contributed by atoms with Crippen molar-refractivity contribution in [2.45, 2.75) is 13.8 Å². The van der Waals surface area contributed by atoms with E-state index in [0.29, 0.717) is 29.4 Å². The van der Waals surface area contributed by atoms with Crippen molar-refractivity contribution < 1.29 is 23.9 Å². The van der Waals surface area contributed by atoms with E-state index in [-0.39, 0.29) is 17.6 Å². The van der Waals surface area contributed by atoms with Crippen LogP contribution in [0.5, 0.6) is 17.4 Å². The minimum Gasteiger partial charge on any atom is -0.497 e. The van der Waals surface area contributed by atoms with Crippen molar-refractivity contribution in [3.63, 3.8) is 0 Å². The maximum absolute atomic E-state index is 12.0. The van der Waals surface area contributed by atoms with Gasteiger partial charge in [-0.15, -0.1) is 0 Å². The van der Waals surface area contributed by atoms with Crippen LogP contribution in [0.15, 0.2) is 54.9 Å². The molecule has 0 fully saturated rings. The van der Waals surface area contributed by atoms with Crippen molar-refractivity contribution in [2.24, 2.45) is 5.92 Å². The Hall–Kier alpha value is -4.21. The average molecular weight is 438 g/mol. The second-order valence-electron chi connectivity index (χ2n) is 7.11. The highest BCUT2D eigenvalue weighted by molar-refractivity contribution is 5.90. The summed E-state index contributed by atoms with van der Waals surface area (Å²) in [5.74, 6) is 0.493. The SMILES string of the molecule is COc1ccc(Oc2ncnc(Nc3ccc(C(=O)OCC(C)C)cc3)c2[N+](=O)[O-])cc1. The Kier molecular flexibility index (Phi) is 7.17. The summed E-state index contributed by atoms with van der Waals surface area (Å²) in [7, 11) is 1.53. The van der Waals surface area contributed by atoms with E-state index in [1.54, 1.807) is 48.5 Å². The molecule has 1 heterocycles. The van der Waals surface area contributed by atoms with Gasteiger partial charge in [-0.3, -0.25) is 10.1 Å². The van der Waals surface area contributed by atoms with Crippen LogP contribution < -0.4 is 14.8 Å². The van der Waals surface area contributed by atoms with Crippen molar-refractivity contribution in [3.8, 4) is 17.4 Å². The van der Waals surface area contributed by atoms with Gasteiger partial charge in [-0.25, -0.2) is 9.78 Å². The van der Waals surface area contributed by atoms with Gasteiger partial charge in [0.2, 0.25) is 5.82 Å². The smallest absolute Gasteiger partial charge is 0.373 e. The molecule has 0 aliphatic rings. The molecule has 0 radical (unpaired) electrons. The fourth-order valence-electron chi connectivity index (χ4n) is 2.60. The zero-order chi connectivity index (χ0) is 23.1. The summed E-state index contributed by atoms with van der Waals surface area (Å²) in [6.45, 7) is 4.21. The van der Waals surface area contributed by atoms with E-state index < -0.39 is 16.6 Å². The molecule has 2 aromatic carbocycles. The lowest BCUT2D eigenvalue weighted by atomic mass is 10.2. The summed E-state index contributed by atoms with van der Waals surface area (Å²) in [4.78, 5) is 31.0. The topological polar surface area (TPSA) is 126 Å². The Morgan fingerprint density at radius 1 is 1.06 bits per heavy atom. The van der Waals surface area contributed by atoms with Gasteiger partial charge in [0.25, 0.3) is 0 Å². The van der Waals surface area contributed by atoms with Crippen molar-refractivity contribution in [1.82, 2.24) is 9.97 Å². The molecule has 0 aliphatic carbocycles. The minimum absolute atomic E-state index is 0.0522.